The molecular formula is CH3IO2. The monoisotopic (exact) mass is 174 g/mol. The van der Waals surface area contributed by atoms with Gasteiger partial charge in [0.2, 0.25) is 0 Å². The number of hydrogen-bond acceptors (Lipinski definition) is 1. The second-order valence-electron chi connectivity index (χ2n) is 0.105. The van der Waals surface area contributed by atoms with E-state index < -0.39 is 0 Å². The molecule has 0 aliphatic carbocycles. The first kappa shape index (κ1) is 8.89. The third kappa shape index (κ3) is 79.2. The third-order valence-corrected chi connectivity index (χ3v) is 0. The van der Waals surface area contributed by atoms with Crippen LogP contribution >= 0.6 is 24.0 Å². The average Bonchev–Trinajstić information content (AvgIpc) is 0.918. The molecule has 0 aromatic carbocycles. The maximum absolute atomic E-state index is 8.36. The van der Waals surface area contributed by atoms with Crippen molar-refractivity contribution >= 4 is 30.4 Å². The van der Waals surface area contributed by atoms with E-state index in [4.69, 9.17) is 9.90 Å². The molecule has 0 fully saturated rings. The summed E-state index contributed by atoms with van der Waals surface area (Å²) in [7, 11) is 0. The molecule has 2 nitrogen and oxygen atoms in total. The van der Waals surface area contributed by atoms with Crippen LogP contribution in [0.4, 0.5) is 0 Å². The minimum Gasteiger partial charge on any atom is -0.483 e. The summed E-state index contributed by atoms with van der Waals surface area (Å²) in [5.74, 6) is 0. The Hall–Kier alpha value is 0.200. The zero-order valence-corrected chi connectivity index (χ0v) is 4.17. The van der Waals surface area contributed by atoms with E-state index >= 15 is 0 Å². The van der Waals surface area contributed by atoms with Crippen LogP contribution < -0.4 is 0 Å². The molecule has 0 aliphatic heterocycles. The van der Waals surface area contributed by atoms with E-state index in [1.807, 2.05) is 0 Å². The second kappa shape index (κ2) is 10.8. The molecule has 0 heterocycles. The van der Waals surface area contributed by atoms with E-state index in [1.165, 1.54) is 0 Å². The van der Waals surface area contributed by atoms with Gasteiger partial charge in [-0.05, 0) is 0 Å². The van der Waals surface area contributed by atoms with E-state index in [9.17, 15) is 0 Å². The van der Waals surface area contributed by atoms with Gasteiger partial charge < -0.3 is 5.11 Å². The largest absolute Gasteiger partial charge is 0.483 e. The van der Waals surface area contributed by atoms with E-state index in [2.05, 4.69) is 0 Å². The fourth-order valence-electron chi connectivity index (χ4n) is 0. The van der Waals surface area contributed by atoms with Gasteiger partial charge in [-0.2, -0.15) is 0 Å². The smallest absolute Gasteiger partial charge is 0.290 e. The highest BCUT2D eigenvalue weighted by molar-refractivity contribution is 14.0. The Labute approximate surface area is 40.8 Å². The summed E-state index contributed by atoms with van der Waals surface area (Å²) < 4.78 is 0. The van der Waals surface area contributed by atoms with Crippen molar-refractivity contribution in [2.45, 2.75) is 0 Å². The zero-order valence-electron chi connectivity index (χ0n) is 1.84. The maximum Gasteiger partial charge on any atom is 0.290 e. The van der Waals surface area contributed by atoms with Gasteiger partial charge in [-0.15, -0.1) is 24.0 Å². The van der Waals surface area contributed by atoms with Crippen LogP contribution in [0.3, 0.4) is 0 Å². The molecular weight excluding hydrogens is 171 g/mol. The Morgan fingerprint density at radius 1 is 1.75 bits per heavy atom. The fourth-order valence-corrected chi connectivity index (χ4v) is 0. The molecule has 0 atom stereocenters. The molecule has 0 unspecified atom stereocenters. The van der Waals surface area contributed by atoms with Gasteiger partial charge in [-0.3, -0.25) is 4.79 Å². The lowest BCUT2D eigenvalue weighted by Gasteiger charge is -1.34. The van der Waals surface area contributed by atoms with Gasteiger partial charge in [0.1, 0.15) is 0 Å². The Morgan fingerprint density at radius 3 is 1.75 bits per heavy atom. The summed E-state index contributed by atoms with van der Waals surface area (Å²) in [5.41, 5.74) is 0. The van der Waals surface area contributed by atoms with Gasteiger partial charge in [0.15, 0.2) is 0 Å². The summed E-state index contributed by atoms with van der Waals surface area (Å²) in [6.45, 7) is -0.250. The predicted octanol–water partition coefficient (Wildman–Crippen LogP) is 0.319. The lowest BCUT2D eigenvalue weighted by Crippen LogP contribution is -1.49. The highest BCUT2D eigenvalue weighted by Gasteiger charge is 1.22. The van der Waals surface area contributed by atoms with Crippen LogP contribution in [0.1, 0.15) is 0 Å². The summed E-state index contributed by atoms with van der Waals surface area (Å²) in [6.07, 6.45) is 0. The van der Waals surface area contributed by atoms with Crippen LogP contribution in [0.2, 0.25) is 0 Å². The number of carbonyl (C=O) groups is 1. The molecule has 0 saturated heterocycles. The van der Waals surface area contributed by atoms with E-state index in [-0.39, 0.29) is 30.4 Å². The van der Waals surface area contributed by atoms with E-state index in [1.54, 1.807) is 0 Å². The standard InChI is InChI=1S/CH2O2.HI/c2-1-3;/h1H,(H,2,3);1H. The van der Waals surface area contributed by atoms with Gasteiger partial charge in [0.25, 0.3) is 6.47 Å². The van der Waals surface area contributed by atoms with Gasteiger partial charge in [0.05, 0.1) is 0 Å². The van der Waals surface area contributed by atoms with Crippen LogP contribution in [-0.4, -0.2) is 11.6 Å². The molecule has 0 aliphatic rings. The molecule has 0 aromatic rings. The average molecular weight is 174 g/mol. The predicted molar refractivity (Wildman–Crippen MR) is 24.1 cm³/mol. The van der Waals surface area contributed by atoms with Crippen molar-refractivity contribution in [3.05, 3.63) is 0 Å². The van der Waals surface area contributed by atoms with Crippen molar-refractivity contribution in [1.82, 2.24) is 0 Å². The topological polar surface area (TPSA) is 37.3 Å². The molecule has 0 aromatic heterocycles. The lowest BCUT2D eigenvalue weighted by atomic mass is 11.7. The van der Waals surface area contributed by atoms with Gasteiger partial charge >= 0.3 is 0 Å². The van der Waals surface area contributed by atoms with Crippen molar-refractivity contribution in [3.63, 3.8) is 0 Å². The van der Waals surface area contributed by atoms with Gasteiger partial charge in [-0.25, -0.2) is 0 Å². The van der Waals surface area contributed by atoms with Crippen LogP contribution in [0, 0.1) is 0 Å². The quantitative estimate of drug-likeness (QED) is 0.424. The minimum absolute atomic E-state index is 0. The molecule has 0 rings (SSSR count). The third-order valence-electron chi connectivity index (χ3n) is 0. The maximum atomic E-state index is 8.36. The van der Waals surface area contributed by atoms with Gasteiger partial charge in [0, 0.05) is 0 Å². The first-order valence-electron chi connectivity index (χ1n) is 0.494. The Kier molecular flexibility index (Phi) is 23.9. The number of carboxylic acid groups (broad SMARTS) is 1. The molecule has 0 radical (unpaired) electrons. The molecule has 0 spiro atoms. The molecule has 0 bridgehead atoms. The van der Waals surface area contributed by atoms with Crippen molar-refractivity contribution < 1.29 is 9.90 Å². The van der Waals surface area contributed by atoms with Crippen LogP contribution in [0.25, 0.3) is 0 Å². The van der Waals surface area contributed by atoms with Crippen LogP contribution in [0.15, 0.2) is 0 Å². The molecule has 3 heteroatoms. The fraction of sp³-hybridized carbons (Fsp3) is 0. The zero-order chi connectivity index (χ0) is 2.71. The van der Waals surface area contributed by atoms with Crippen molar-refractivity contribution in [2.75, 3.05) is 0 Å². The van der Waals surface area contributed by atoms with Crippen molar-refractivity contribution in [3.8, 4) is 0 Å². The molecule has 0 saturated carbocycles. The van der Waals surface area contributed by atoms with E-state index in [0.717, 1.165) is 0 Å². The number of halogens is 1. The van der Waals surface area contributed by atoms with Crippen molar-refractivity contribution in [1.29, 1.82) is 0 Å². The van der Waals surface area contributed by atoms with Crippen LogP contribution in [0.5, 0.6) is 0 Å². The first-order chi connectivity index (χ1) is 1.41. The normalized spacial score (nSPS) is 3.00. The number of rotatable bonds is 0. The Balaban J connectivity index is 0. The van der Waals surface area contributed by atoms with E-state index in [0.29, 0.717) is 0 Å². The first-order valence-corrected chi connectivity index (χ1v) is 0.494. The van der Waals surface area contributed by atoms with Crippen molar-refractivity contribution in [2.24, 2.45) is 0 Å². The minimum atomic E-state index is -0.250. The molecule has 4 heavy (non-hydrogen) atoms. The van der Waals surface area contributed by atoms with Crippen LogP contribution in [-0.2, 0) is 4.79 Å². The Bertz CT molecular complexity index is 13.5. The Morgan fingerprint density at radius 2 is 1.75 bits per heavy atom. The highest BCUT2D eigenvalue weighted by Crippen LogP contribution is 0.966. The lowest BCUT2D eigenvalue weighted by molar-refractivity contribution is -0.122. The summed E-state index contributed by atoms with van der Waals surface area (Å²) >= 11 is 0. The molecule has 0 amide bonds. The van der Waals surface area contributed by atoms with Gasteiger partial charge in [-0.1, -0.05) is 0 Å². The SMILES string of the molecule is I.O=CO. The summed E-state index contributed by atoms with van der Waals surface area (Å²) in [6, 6.07) is 0. The number of hydrogen-bond donors (Lipinski definition) is 1. The second-order valence-corrected chi connectivity index (χ2v) is 0.105. The molecule has 1 N–H and O–H groups in total. The summed E-state index contributed by atoms with van der Waals surface area (Å²) in [4.78, 5) is 8.36. The highest BCUT2D eigenvalue weighted by atomic mass is 127. The molecule has 26 valence electrons. The summed E-state index contributed by atoms with van der Waals surface area (Å²) in [5, 5.41) is 6.89.